The standard InChI is InChI=1S/C21H16F2N8O/c22-19(23)16-5-1-4-13-9-15(29-31(13)16)18-17-14(25-11-26-17)6-8-30(18)21-28-27-20(32-21)12-3-2-7-24-10-12/h1-5,7,9-11,18-19H,6,8H2,(H,25,26)/t18-/m1/s1. The minimum Gasteiger partial charge on any atom is -0.403 e. The monoisotopic (exact) mass is 434 g/mol. The van der Waals surface area contributed by atoms with Crippen molar-refractivity contribution < 1.29 is 13.2 Å². The fraction of sp³-hybridized carbons (Fsp3) is 0.190. The first-order chi connectivity index (χ1) is 15.7. The Balaban J connectivity index is 1.46. The van der Waals surface area contributed by atoms with Crippen molar-refractivity contribution in [3.8, 4) is 11.5 Å². The van der Waals surface area contributed by atoms with Crippen LogP contribution in [-0.2, 0) is 6.42 Å². The molecule has 160 valence electrons. The van der Waals surface area contributed by atoms with Crippen molar-refractivity contribution in [2.45, 2.75) is 18.9 Å². The first-order valence-electron chi connectivity index (χ1n) is 9.98. The van der Waals surface area contributed by atoms with Gasteiger partial charge in [0.05, 0.1) is 28.8 Å². The minimum atomic E-state index is -2.65. The number of aromatic nitrogens is 7. The molecule has 0 saturated carbocycles. The van der Waals surface area contributed by atoms with Gasteiger partial charge >= 0.3 is 6.01 Å². The normalized spacial score (nSPS) is 16.1. The van der Waals surface area contributed by atoms with Crippen LogP contribution in [0.4, 0.5) is 14.8 Å². The lowest BCUT2D eigenvalue weighted by atomic mass is 10.0. The summed E-state index contributed by atoms with van der Waals surface area (Å²) in [5.74, 6) is 0.342. The van der Waals surface area contributed by atoms with E-state index in [-0.39, 0.29) is 5.69 Å². The Kier molecular flexibility index (Phi) is 4.20. The van der Waals surface area contributed by atoms with E-state index in [0.717, 1.165) is 11.4 Å². The second kappa shape index (κ2) is 7.22. The summed E-state index contributed by atoms with van der Waals surface area (Å²) in [6.07, 6.45) is 2.97. The third kappa shape index (κ3) is 2.93. The minimum absolute atomic E-state index is 0.171. The summed E-state index contributed by atoms with van der Waals surface area (Å²) in [6, 6.07) is 9.93. The number of imidazole rings is 1. The predicted molar refractivity (Wildman–Crippen MR) is 109 cm³/mol. The lowest BCUT2D eigenvalue weighted by Crippen LogP contribution is -2.37. The van der Waals surface area contributed by atoms with Crippen LogP contribution >= 0.6 is 0 Å². The molecule has 0 aromatic carbocycles. The molecule has 6 rings (SSSR count). The number of rotatable bonds is 4. The number of hydrogen-bond donors (Lipinski definition) is 1. The molecule has 32 heavy (non-hydrogen) atoms. The number of alkyl halides is 2. The van der Waals surface area contributed by atoms with Crippen LogP contribution in [0.5, 0.6) is 0 Å². The summed E-state index contributed by atoms with van der Waals surface area (Å²) >= 11 is 0. The zero-order chi connectivity index (χ0) is 21.7. The molecule has 5 aromatic heterocycles. The number of pyridine rings is 2. The van der Waals surface area contributed by atoms with Crippen molar-refractivity contribution >= 4 is 11.5 Å². The topological polar surface area (TPSA) is 101 Å². The maximum absolute atomic E-state index is 13.5. The van der Waals surface area contributed by atoms with Crippen molar-refractivity contribution in [3.63, 3.8) is 0 Å². The van der Waals surface area contributed by atoms with Crippen LogP contribution in [0, 0.1) is 0 Å². The molecule has 0 unspecified atom stereocenters. The molecule has 1 aliphatic heterocycles. The number of halogens is 2. The molecule has 1 atom stereocenters. The summed E-state index contributed by atoms with van der Waals surface area (Å²) in [4.78, 5) is 13.6. The van der Waals surface area contributed by atoms with Crippen LogP contribution in [0.1, 0.15) is 35.2 Å². The van der Waals surface area contributed by atoms with E-state index in [2.05, 4.69) is 30.2 Å². The second-order valence-electron chi connectivity index (χ2n) is 7.40. The van der Waals surface area contributed by atoms with Crippen LogP contribution in [0.2, 0.25) is 0 Å². The fourth-order valence-corrected chi connectivity index (χ4v) is 4.07. The van der Waals surface area contributed by atoms with Gasteiger partial charge in [0.25, 0.3) is 12.3 Å². The van der Waals surface area contributed by atoms with Gasteiger partial charge in [-0.05, 0) is 30.3 Å². The van der Waals surface area contributed by atoms with Gasteiger partial charge in [-0.3, -0.25) is 4.98 Å². The average molecular weight is 434 g/mol. The number of fused-ring (bicyclic) bond motifs is 2. The van der Waals surface area contributed by atoms with Crippen LogP contribution < -0.4 is 4.90 Å². The van der Waals surface area contributed by atoms with Gasteiger partial charge in [-0.25, -0.2) is 18.3 Å². The number of nitrogens with zero attached hydrogens (tertiary/aromatic N) is 7. The number of H-pyrrole nitrogens is 1. The molecule has 5 aromatic rings. The van der Waals surface area contributed by atoms with Gasteiger partial charge in [0.15, 0.2) is 0 Å². The van der Waals surface area contributed by atoms with Gasteiger partial charge in [-0.1, -0.05) is 11.2 Å². The Bertz CT molecular complexity index is 1390. The van der Waals surface area contributed by atoms with Gasteiger partial charge in [-0.2, -0.15) is 5.10 Å². The number of nitrogens with one attached hydrogen (secondary N) is 1. The zero-order valence-electron chi connectivity index (χ0n) is 16.6. The third-order valence-electron chi connectivity index (χ3n) is 5.53. The smallest absolute Gasteiger partial charge is 0.319 e. The highest BCUT2D eigenvalue weighted by atomic mass is 19.3. The van der Waals surface area contributed by atoms with Gasteiger partial charge in [0.1, 0.15) is 11.7 Å². The van der Waals surface area contributed by atoms with E-state index < -0.39 is 12.5 Å². The molecular formula is C21H16F2N8O. The van der Waals surface area contributed by atoms with Crippen LogP contribution in [0.3, 0.4) is 0 Å². The molecule has 1 N–H and O–H groups in total. The zero-order valence-corrected chi connectivity index (χ0v) is 16.6. The van der Waals surface area contributed by atoms with E-state index in [1.54, 1.807) is 43.0 Å². The first-order valence-corrected chi connectivity index (χ1v) is 9.98. The lowest BCUT2D eigenvalue weighted by molar-refractivity contribution is 0.143. The van der Waals surface area contributed by atoms with E-state index in [0.29, 0.717) is 41.6 Å². The summed E-state index contributed by atoms with van der Waals surface area (Å²) in [5, 5.41) is 12.9. The molecule has 9 nitrogen and oxygen atoms in total. The Morgan fingerprint density at radius 2 is 2.09 bits per heavy atom. The Labute approximate surface area is 179 Å². The summed E-state index contributed by atoms with van der Waals surface area (Å²) in [6.45, 7) is 0.560. The van der Waals surface area contributed by atoms with E-state index in [1.165, 1.54) is 10.6 Å². The van der Waals surface area contributed by atoms with Gasteiger partial charge in [-0.15, -0.1) is 5.10 Å². The van der Waals surface area contributed by atoms with Gasteiger partial charge in [0.2, 0.25) is 0 Å². The highest BCUT2D eigenvalue weighted by molar-refractivity contribution is 5.55. The van der Waals surface area contributed by atoms with Crippen LogP contribution in [0.25, 0.3) is 17.0 Å². The highest BCUT2D eigenvalue weighted by Crippen LogP contribution is 2.37. The van der Waals surface area contributed by atoms with Crippen molar-refractivity contribution in [1.82, 2.24) is 34.8 Å². The Hall–Kier alpha value is -4.15. The molecule has 6 heterocycles. The van der Waals surface area contributed by atoms with E-state index in [1.807, 2.05) is 11.0 Å². The molecule has 0 bridgehead atoms. The highest BCUT2D eigenvalue weighted by Gasteiger charge is 2.36. The van der Waals surface area contributed by atoms with Crippen molar-refractivity contribution in [2.24, 2.45) is 0 Å². The van der Waals surface area contributed by atoms with E-state index in [4.69, 9.17) is 4.42 Å². The second-order valence-corrected chi connectivity index (χ2v) is 7.40. The lowest BCUT2D eigenvalue weighted by Gasteiger charge is -2.32. The summed E-state index contributed by atoms with van der Waals surface area (Å²) in [5.41, 5.74) is 3.38. The molecule has 0 saturated heterocycles. The molecule has 0 spiro atoms. The number of aromatic amines is 1. The molecular weight excluding hydrogens is 418 g/mol. The fourth-order valence-electron chi connectivity index (χ4n) is 4.07. The molecule has 11 heteroatoms. The van der Waals surface area contributed by atoms with Gasteiger partial charge in [0, 0.05) is 31.1 Å². The summed E-state index contributed by atoms with van der Waals surface area (Å²) < 4.78 is 34.3. The SMILES string of the molecule is FC(F)c1cccc2cc([C@@H]3c4nc[nH]c4CCN3c3nnc(-c4cccnc4)o3)nn12. The predicted octanol–water partition coefficient (Wildman–Crippen LogP) is 3.59. The third-order valence-corrected chi connectivity index (χ3v) is 5.53. The number of hydrogen-bond acceptors (Lipinski definition) is 7. The molecule has 1 aliphatic rings. The Morgan fingerprint density at radius 1 is 1.16 bits per heavy atom. The van der Waals surface area contributed by atoms with Crippen molar-refractivity contribution in [1.29, 1.82) is 0 Å². The first kappa shape index (κ1) is 18.6. The molecule has 0 amide bonds. The largest absolute Gasteiger partial charge is 0.403 e. The molecule has 0 radical (unpaired) electrons. The molecule has 0 aliphatic carbocycles. The quantitative estimate of drug-likeness (QED) is 0.461. The summed E-state index contributed by atoms with van der Waals surface area (Å²) in [7, 11) is 0. The van der Waals surface area contributed by atoms with Crippen LogP contribution in [-0.4, -0.2) is 41.3 Å². The maximum Gasteiger partial charge on any atom is 0.319 e. The maximum atomic E-state index is 13.5. The Morgan fingerprint density at radius 3 is 2.94 bits per heavy atom. The van der Waals surface area contributed by atoms with Crippen molar-refractivity contribution in [3.05, 3.63) is 77.9 Å². The van der Waals surface area contributed by atoms with E-state index in [9.17, 15) is 8.78 Å². The average Bonchev–Trinajstić information content (AvgIpc) is 3.57. The molecule has 0 fully saturated rings. The number of anilines is 1. The van der Waals surface area contributed by atoms with E-state index >= 15 is 0 Å². The van der Waals surface area contributed by atoms with Crippen LogP contribution in [0.15, 0.2) is 59.5 Å². The van der Waals surface area contributed by atoms with Gasteiger partial charge < -0.3 is 14.3 Å². The van der Waals surface area contributed by atoms with Crippen molar-refractivity contribution in [2.75, 3.05) is 11.4 Å².